The van der Waals surface area contributed by atoms with Gasteiger partial charge in [0.25, 0.3) is 5.69 Å². The molecular weight excluding hydrogens is 362 g/mol. The number of carbonyl (C=O) groups excluding carboxylic acids is 2. The highest BCUT2D eigenvalue weighted by Crippen LogP contribution is 2.60. The topological polar surface area (TPSA) is 95.7 Å². The predicted molar refractivity (Wildman–Crippen MR) is 100 cm³/mol. The minimum atomic E-state index is -0.882. The third-order valence-electron chi connectivity index (χ3n) is 6.83. The van der Waals surface area contributed by atoms with Crippen molar-refractivity contribution in [1.29, 1.82) is 0 Å². The van der Waals surface area contributed by atoms with Gasteiger partial charge in [-0.2, -0.15) is 0 Å². The minimum absolute atomic E-state index is 0.00403. The molecule has 4 aliphatic carbocycles. The standard InChI is InChI=1S/C21H25NO6/c1-12(19(23)21-9-13-5-14(10-21)7-15(6-13)11-21)28-20(24)17-8-16(22(25)26)3-4-18(17)27-2/h3-4,8,12-15H,5-7,9-11H2,1-2H3. The number of rotatable bonds is 6. The van der Waals surface area contributed by atoms with Crippen LogP contribution in [0.15, 0.2) is 18.2 Å². The van der Waals surface area contributed by atoms with Gasteiger partial charge in [-0.3, -0.25) is 14.9 Å². The molecule has 4 fully saturated rings. The summed E-state index contributed by atoms with van der Waals surface area (Å²) >= 11 is 0. The predicted octanol–water partition coefficient (Wildman–Crippen LogP) is 3.93. The molecule has 5 rings (SSSR count). The number of nitrogens with zero attached hydrogens (tertiary/aromatic N) is 1. The van der Waals surface area contributed by atoms with E-state index in [1.165, 1.54) is 38.5 Å². The molecule has 0 spiro atoms. The van der Waals surface area contributed by atoms with Crippen LogP contribution in [0.2, 0.25) is 0 Å². The van der Waals surface area contributed by atoms with Crippen molar-refractivity contribution in [3.05, 3.63) is 33.9 Å². The maximum absolute atomic E-state index is 13.3. The number of methoxy groups -OCH3 is 1. The molecule has 28 heavy (non-hydrogen) atoms. The first-order valence-electron chi connectivity index (χ1n) is 9.89. The molecule has 7 heteroatoms. The fourth-order valence-electron chi connectivity index (χ4n) is 6.09. The van der Waals surface area contributed by atoms with E-state index in [1.807, 2.05) is 0 Å². The van der Waals surface area contributed by atoms with Crippen LogP contribution in [-0.4, -0.2) is 29.9 Å². The van der Waals surface area contributed by atoms with Gasteiger partial charge in [0.2, 0.25) is 0 Å². The quantitative estimate of drug-likeness (QED) is 0.417. The fraction of sp³-hybridized carbons (Fsp3) is 0.619. The summed E-state index contributed by atoms with van der Waals surface area (Å²) in [6.07, 6.45) is 5.51. The molecule has 0 amide bonds. The number of ether oxygens (including phenoxy) is 2. The first kappa shape index (κ1) is 18.9. The molecule has 0 aromatic heterocycles. The van der Waals surface area contributed by atoms with Gasteiger partial charge in [-0.1, -0.05) is 0 Å². The molecule has 1 aromatic carbocycles. The number of nitro benzene ring substituents is 1. The van der Waals surface area contributed by atoms with Crippen LogP contribution in [0.4, 0.5) is 5.69 Å². The number of hydrogen-bond acceptors (Lipinski definition) is 6. The number of hydrogen-bond donors (Lipinski definition) is 0. The summed E-state index contributed by atoms with van der Waals surface area (Å²) in [7, 11) is 1.38. The molecular formula is C21H25NO6. The summed E-state index contributed by atoms with van der Waals surface area (Å²) in [5, 5.41) is 11.0. The van der Waals surface area contributed by atoms with Gasteiger partial charge in [-0.25, -0.2) is 4.79 Å². The molecule has 4 bridgehead atoms. The van der Waals surface area contributed by atoms with Crippen molar-refractivity contribution in [2.75, 3.05) is 7.11 Å². The van der Waals surface area contributed by atoms with Gasteiger partial charge in [0.1, 0.15) is 11.3 Å². The second kappa shape index (κ2) is 6.87. The third-order valence-corrected chi connectivity index (χ3v) is 6.83. The zero-order valence-electron chi connectivity index (χ0n) is 16.2. The molecule has 0 aliphatic heterocycles. The molecule has 1 unspecified atom stereocenters. The van der Waals surface area contributed by atoms with Crippen LogP contribution in [0.25, 0.3) is 0 Å². The Balaban J connectivity index is 1.51. The molecule has 0 radical (unpaired) electrons. The summed E-state index contributed by atoms with van der Waals surface area (Å²) < 4.78 is 10.6. The smallest absolute Gasteiger partial charge is 0.342 e. The summed E-state index contributed by atoms with van der Waals surface area (Å²) in [6.45, 7) is 1.61. The number of Topliss-reactive ketones (excluding diaryl/α,β-unsaturated/α-hetero) is 1. The number of esters is 1. The Hall–Kier alpha value is -2.44. The van der Waals surface area contributed by atoms with Crippen LogP contribution in [0.5, 0.6) is 5.75 Å². The van der Waals surface area contributed by atoms with E-state index in [2.05, 4.69) is 0 Å². The third kappa shape index (κ3) is 3.16. The Morgan fingerprint density at radius 3 is 2.21 bits per heavy atom. The molecule has 1 atom stereocenters. The van der Waals surface area contributed by atoms with E-state index in [0.717, 1.165) is 25.3 Å². The maximum atomic E-state index is 13.3. The van der Waals surface area contributed by atoms with Crippen LogP contribution < -0.4 is 4.74 Å². The summed E-state index contributed by atoms with van der Waals surface area (Å²) in [5.41, 5.74) is -0.629. The Morgan fingerprint density at radius 1 is 1.14 bits per heavy atom. The first-order valence-corrected chi connectivity index (χ1v) is 9.89. The Bertz CT molecular complexity index is 797. The van der Waals surface area contributed by atoms with Gasteiger partial charge in [-0.15, -0.1) is 0 Å². The lowest BCUT2D eigenvalue weighted by atomic mass is 9.48. The van der Waals surface area contributed by atoms with Crippen molar-refractivity contribution >= 4 is 17.4 Å². The van der Waals surface area contributed by atoms with Crippen molar-refractivity contribution in [3.8, 4) is 5.75 Å². The van der Waals surface area contributed by atoms with Gasteiger partial charge >= 0.3 is 5.97 Å². The van der Waals surface area contributed by atoms with Crippen LogP contribution >= 0.6 is 0 Å². The van der Waals surface area contributed by atoms with E-state index in [1.54, 1.807) is 6.92 Å². The average Bonchev–Trinajstić information content (AvgIpc) is 2.65. The molecule has 0 heterocycles. The Labute approximate surface area is 163 Å². The molecule has 7 nitrogen and oxygen atoms in total. The zero-order chi connectivity index (χ0) is 20.1. The Kier molecular flexibility index (Phi) is 4.63. The van der Waals surface area contributed by atoms with Crippen LogP contribution in [-0.2, 0) is 9.53 Å². The highest BCUT2D eigenvalue weighted by molar-refractivity contribution is 5.97. The van der Waals surface area contributed by atoms with Crippen LogP contribution in [0.3, 0.4) is 0 Å². The average molecular weight is 387 g/mol. The lowest BCUT2D eigenvalue weighted by Crippen LogP contribution is -2.52. The summed E-state index contributed by atoms with van der Waals surface area (Å²) in [5.74, 6) is 1.28. The number of ketones is 1. The van der Waals surface area contributed by atoms with Crippen molar-refractivity contribution < 1.29 is 24.0 Å². The second-order valence-electron chi connectivity index (χ2n) is 8.75. The van der Waals surface area contributed by atoms with Crippen molar-refractivity contribution in [1.82, 2.24) is 0 Å². The summed E-state index contributed by atoms with van der Waals surface area (Å²) in [6, 6.07) is 3.75. The largest absolute Gasteiger partial charge is 0.496 e. The fourth-order valence-corrected chi connectivity index (χ4v) is 6.09. The zero-order valence-corrected chi connectivity index (χ0v) is 16.2. The Morgan fingerprint density at radius 2 is 1.71 bits per heavy atom. The van der Waals surface area contributed by atoms with E-state index < -0.39 is 17.0 Å². The van der Waals surface area contributed by atoms with E-state index in [-0.39, 0.29) is 28.2 Å². The van der Waals surface area contributed by atoms with Crippen LogP contribution in [0.1, 0.15) is 55.8 Å². The van der Waals surface area contributed by atoms with Gasteiger partial charge in [-0.05, 0) is 69.3 Å². The number of carbonyl (C=O) groups is 2. The van der Waals surface area contributed by atoms with Gasteiger partial charge in [0.15, 0.2) is 11.9 Å². The first-order chi connectivity index (χ1) is 13.3. The van der Waals surface area contributed by atoms with Crippen molar-refractivity contribution in [3.63, 3.8) is 0 Å². The van der Waals surface area contributed by atoms with Gasteiger partial charge < -0.3 is 9.47 Å². The highest BCUT2D eigenvalue weighted by Gasteiger charge is 2.55. The molecule has 4 saturated carbocycles. The van der Waals surface area contributed by atoms with E-state index in [9.17, 15) is 19.7 Å². The normalized spacial score (nSPS) is 31.3. The van der Waals surface area contributed by atoms with Gasteiger partial charge in [0, 0.05) is 17.5 Å². The monoisotopic (exact) mass is 387 g/mol. The highest BCUT2D eigenvalue weighted by atomic mass is 16.6. The molecule has 0 N–H and O–H groups in total. The van der Waals surface area contributed by atoms with Gasteiger partial charge in [0.05, 0.1) is 12.0 Å². The van der Waals surface area contributed by atoms with Crippen molar-refractivity contribution in [2.45, 2.75) is 51.6 Å². The number of non-ortho nitro benzene ring substituents is 1. The minimum Gasteiger partial charge on any atom is -0.496 e. The molecule has 150 valence electrons. The molecule has 1 aromatic rings. The van der Waals surface area contributed by atoms with Crippen LogP contribution in [0, 0.1) is 33.3 Å². The maximum Gasteiger partial charge on any atom is 0.342 e. The van der Waals surface area contributed by atoms with E-state index in [4.69, 9.17) is 9.47 Å². The SMILES string of the molecule is COc1ccc([N+](=O)[O-])cc1C(=O)OC(C)C(=O)C12CC3CC(CC(C3)C1)C2. The van der Waals surface area contributed by atoms with E-state index in [0.29, 0.717) is 17.8 Å². The summed E-state index contributed by atoms with van der Waals surface area (Å²) in [4.78, 5) is 36.4. The number of nitro groups is 1. The van der Waals surface area contributed by atoms with E-state index >= 15 is 0 Å². The molecule has 0 saturated heterocycles. The van der Waals surface area contributed by atoms with Crippen molar-refractivity contribution in [2.24, 2.45) is 23.2 Å². The second-order valence-corrected chi connectivity index (χ2v) is 8.75. The lowest BCUT2D eigenvalue weighted by Gasteiger charge is -2.56. The molecule has 4 aliphatic rings. The lowest BCUT2D eigenvalue weighted by molar-refractivity contribution is -0.384. The number of benzene rings is 1.